The summed E-state index contributed by atoms with van der Waals surface area (Å²) in [5, 5.41) is 16.4. The van der Waals surface area contributed by atoms with Crippen molar-refractivity contribution in [2.24, 2.45) is 0 Å². The van der Waals surface area contributed by atoms with Gasteiger partial charge in [-0.25, -0.2) is 14.4 Å². The molecule has 0 saturated carbocycles. The van der Waals surface area contributed by atoms with E-state index >= 15 is 0 Å². The molecule has 0 heterocycles. The second kappa shape index (κ2) is 4.16. The Labute approximate surface area is 67.1 Å². The van der Waals surface area contributed by atoms with Crippen LogP contribution < -0.4 is 0 Å². The van der Waals surface area contributed by atoms with E-state index in [1.54, 1.807) is 0 Å². The lowest BCUT2D eigenvalue weighted by Crippen LogP contribution is -2.40. The topological polar surface area (TPSA) is 104 Å². The van der Waals surface area contributed by atoms with Crippen molar-refractivity contribution in [3.05, 3.63) is 0 Å². The molecule has 68 valence electrons. The van der Waals surface area contributed by atoms with Crippen LogP contribution in [0.2, 0.25) is 0 Å². The zero-order valence-electron chi connectivity index (χ0n) is 6.18. The maximum atomic E-state index is 10.6. The molecule has 2 N–H and O–H groups in total. The minimum Gasteiger partial charge on any atom is -0.464 e. The molecule has 0 saturated heterocycles. The zero-order chi connectivity index (χ0) is 9.72. The lowest BCUT2D eigenvalue weighted by atomic mass is 10.8. The van der Waals surface area contributed by atoms with Crippen molar-refractivity contribution < 1.29 is 29.3 Å². The molecule has 0 aromatic heterocycles. The number of hydrogen-bond donors (Lipinski definition) is 2. The molecule has 0 aliphatic rings. The molecule has 3 amide bonds. The van der Waals surface area contributed by atoms with Crippen molar-refractivity contribution in [1.82, 2.24) is 4.90 Å². The SMILES string of the molecule is CCOC(=O)N(C(=O)O)C(=O)O. The van der Waals surface area contributed by atoms with Gasteiger partial charge < -0.3 is 14.9 Å². The summed E-state index contributed by atoms with van der Waals surface area (Å²) >= 11 is 0. The van der Waals surface area contributed by atoms with Gasteiger partial charge >= 0.3 is 18.3 Å². The van der Waals surface area contributed by atoms with Crippen LogP contribution in [0.4, 0.5) is 14.4 Å². The highest BCUT2D eigenvalue weighted by Crippen LogP contribution is 1.95. The molecule has 0 radical (unpaired) electrons. The fourth-order valence-electron chi connectivity index (χ4n) is 0.426. The van der Waals surface area contributed by atoms with Gasteiger partial charge in [0.1, 0.15) is 0 Å². The molecule has 7 heteroatoms. The monoisotopic (exact) mass is 177 g/mol. The Balaban J connectivity index is 4.41. The van der Waals surface area contributed by atoms with Gasteiger partial charge in [0.2, 0.25) is 0 Å². The van der Waals surface area contributed by atoms with Crippen LogP contribution in [0.25, 0.3) is 0 Å². The fraction of sp³-hybridized carbons (Fsp3) is 0.400. The fourth-order valence-corrected chi connectivity index (χ4v) is 0.426. The first-order valence-corrected chi connectivity index (χ1v) is 2.93. The van der Waals surface area contributed by atoms with E-state index in [0.717, 1.165) is 0 Å². The highest BCUT2D eigenvalue weighted by Gasteiger charge is 2.29. The van der Waals surface area contributed by atoms with Crippen molar-refractivity contribution in [1.29, 1.82) is 0 Å². The number of ether oxygens (including phenoxy) is 1. The predicted octanol–water partition coefficient (Wildman–Crippen LogP) is 0.801. The molecule has 0 unspecified atom stereocenters. The van der Waals surface area contributed by atoms with Crippen molar-refractivity contribution in [2.45, 2.75) is 6.92 Å². The second-order valence-electron chi connectivity index (χ2n) is 1.60. The van der Waals surface area contributed by atoms with E-state index in [0.29, 0.717) is 0 Å². The van der Waals surface area contributed by atoms with Crippen LogP contribution in [0.3, 0.4) is 0 Å². The summed E-state index contributed by atoms with van der Waals surface area (Å²) in [7, 11) is 0. The second-order valence-corrected chi connectivity index (χ2v) is 1.60. The third kappa shape index (κ3) is 2.45. The molecule has 0 fully saturated rings. The first kappa shape index (κ1) is 10.2. The Bertz CT molecular complexity index is 198. The summed E-state index contributed by atoms with van der Waals surface area (Å²) in [6.07, 6.45) is -5.19. The molecule has 0 bridgehead atoms. The molecule has 0 atom stereocenters. The van der Waals surface area contributed by atoms with Gasteiger partial charge in [0.25, 0.3) is 0 Å². The van der Waals surface area contributed by atoms with Crippen LogP contribution in [-0.2, 0) is 4.74 Å². The standard InChI is InChI=1S/C5H7NO6/c1-2-12-5(11)6(3(7)8)4(9)10/h2H2,1H3,(H,7,8)(H,9,10). The summed E-state index contributed by atoms with van der Waals surface area (Å²) in [6.45, 7) is 1.34. The molecule has 0 aromatic carbocycles. The Morgan fingerprint density at radius 1 is 1.25 bits per heavy atom. The Morgan fingerprint density at radius 3 is 1.92 bits per heavy atom. The Hall–Kier alpha value is -1.79. The summed E-state index contributed by atoms with van der Waals surface area (Å²) < 4.78 is 4.15. The first-order chi connectivity index (χ1) is 5.50. The molecule has 0 spiro atoms. The third-order valence-corrected chi connectivity index (χ3v) is 0.833. The molecule has 12 heavy (non-hydrogen) atoms. The van der Waals surface area contributed by atoms with Crippen molar-refractivity contribution in [2.75, 3.05) is 6.61 Å². The molecule has 0 aromatic rings. The highest BCUT2D eigenvalue weighted by atomic mass is 16.6. The quantitative estimate of drug-likeness (QED) is 0.613. The van der Waals surface area contributed by atoms with Gasteiger partial charge in [-0.15, -0.1) is 4.90 Å². The van der Waals surface area contributed by atoms with Crippen LogP contribution in [0, 0.1) is 0 Å². The van der Waals surface area contributed by atoms with Crippen LogP contribution in [0.5, 0.6) is 0 Å². The van der Waals surface area contributed by atoms with Gasteiger partial charge in [-0.05, 0) is 6.92 Å². The largest absolute Gasteiger partial charge is 0.464 e. The molecule has 0 rings (SSSR count). The van der Waals surface area contributed by atoms with Crippen molar-refractivity contribution in [3.8, 4) is 0 Å². The first-order valence-electron chi connectivity index (χ1n) is 2.93. The van der Waals surface area contributed by atoms with E-state index in [9.17, 15) is 14.4 Å². The normalized spacial score (nSPS) is 8.75. The molecule has 0 aliphatic carbocycles. The summed E-state index contributed by atoms with van der Waals surface area (Å²) in [5.74, 6) is 0. The van der Waals surface area contributed by atoms with Crippen LogP contribution in [0.15, 0.2) is 0 Å². The number of hydrogen-bond acceptors (Lipinski definition) is 4. The number of carbonyl (C=O) groups is 3. The van der Waals surface area contributed by atoms with E-state index in [2.05, 4.69) is 4.74 Å². The summed E-state index contributed by atoms with van der Waals surface area (Å²) in [6, 6.07) is 0. The van der Waals surface area contributed by atoms with Crippen LogP contribution in [-0.4, -0.2) is 40.0 Å². The number of carboxylic acid groups (broad SMARTS) is 2. The lowest BCUT2D eigenvalue weighted by Gasteiger charge is -2.09. The van der Waals surface area contributed by atoms with E-state index in [1.165, 1.54) is 6.92 Å². The van der Waals surface area contributed by atoms with E-state index in [-0.39, 0.29) is 6.61 Å². The Morgan fingerprint density at radius 2 is 1.67 bits per heavy atom. The summed E-state index contributed by atoms with van der Waals surface area (Å²) in [5.41, 5.74) is 0. The maximum absolute atomic E-state index is 10.6. The smallest absolute Gasteiger partial charge is 0.429 e. The molecular formula is C5H7NO6. The number of imide groups is 3. The third-order valence-electron chi connectivity index (χ3n) is 0.833. The van der Waals surface area contributed by atoms with Crippen molar-refractivity contribution >= 4 is 18.3 Å². The minimum absolute atomic E-state index is 0.0874. The van der Waals surface area contributed by atoms with Gasteiger partial charge in [0.05, 0.1) is 6.61 Å². The van der Waals surface area contributed by atoms with Crippen molar-refractivity contribution in [3.63, 3.8) is 0 Å². The number of carbonyl (C=O) groups excluding carboxylic acids is 1. The average Bonchev–Trinajstić information content (AvgIpc) is 1.85. The van der Waals surface area contributed by atoms with E-state index in [4.69, 9.17) is 10.2 Å². The highest BCUT2D eigenvalue weighted by molar-refractivity contribution is 6.02. The number of nitrogens with zero attached hydrogens (tertiary/aromatic N) is 1. The van der Waals surface area contributed by atoms with Gasteiger partial charge in [-0.3, -0.25) is 0 Å². The summed E-state index contributed by atoms with van der Waals surface area (Å²) in [4.78, 5) is 30.3. The minimum atomic E-state index is -1.89. The average molecular weight is 177 g/mol. The van der Waals surface area contributed by atoms with E-state index < -0.39 is 23.2 Å². The molecular weight excluding hydrogens is 170 g/mol. The maximum Gasteiger partial charge on any atom is 0.429 e. The van der Waals surface area contributed by atoms with Gasteiger partial charge in [-0.2, -0.15) is 0 Å². The van der Waals surface area contributed by atoms with Gasteiger partial charge in [0.15, 0.2) is 0 Å². The molecule has 0 aliphatic heterocycles. The predicted molar refractivity (Wildman–Crippen MR) is 34.9 cm³/mol. The Kier molecular flexibility index (Phi) is 3.54. The van der Waals surface area contributed by atoms with Crippen LogP contribution >= 0.6 is 0 Å². The van der Waals surface area contributed by atoms with Gasteiger partial charge in [-0.1, -0.05) is 0 Å². The van der Waals surface area contributed by atoms with Crippen LogP contribution in [0.1, 0.15) is 6.92 Å². The molecule has 7 nitrogen and oxygen atoms in total. The van der Waals surface area contributed by atoms with Gasteiger partial charge in [0, 0.05) is 0 Å². The lowest BCUT2D eigenvalue weighted by molar-refractivity contribution is 0.0920. The number of amides is 3. The number of rotatable bonds is 1. The zero-order valence-corrected chi connectivity index (χ0v) is 6.18. The van der Waals surface area contributed by atoms with E-state index in [1.807, 2.05) is 0 Å².